The Bertz CT molecular complexity index is 1200. The van der Waals surface area contributed by atoms with E-state index in [1.165, 1.54) is 26.1 Å². The summed E-state index contributed by atoms with van der Waals surface area (Å²) < 4.78 is 43.3. The van der Waals surface area contributed by atoms with Gasteiger partial charge in [0.2, 0.25) is 0 Å². The fraction of sp³-hybridized carbons (Fsp3) is 0.211. The van der Waals surface area contributed by atoms with Crippen LogP contribution in [0.4, 0.5) is 13.2 Å². The Morgan fingerprint density at radius 1 is 1.31 bits per heavy atom. The summed E-state index contributed by atoms with van der Waals surface area (Å²) in [6, 6.07) is 4.15. The number of alkyl halides is 2. The number of amides is 1. The highest BCUT2D eigenvalue weighted by Gasteiger charge is 2.45. The Balaban J connectivity index is 1.96. The van der Waals surface area contributed by atoms with Gasteiger partial charge in [-0.3, -0.25) is 14.6 Å². The van der Waals surface area contributed by atoms with Crippen molar-refractivity contribution < 1.29 is 18.0 Å². The van der Waals surface area contributed by atoms with E-state index >= 15 is 0 Å². The van der Waals surface area contributed by atoms with Gasteiger partial charge in [-0.15, -0.1) is 0 Å². The SMILES string of the molecule is Cc1c(C(F)(F)C(=O)N[C@H](C)c2cnc(C#N)cn2)c(=O)[nH]c2ccc(F)cc12. The molecule has 0 fully saturated rings. The van der Waals surface area contributed by atoms with E-state index in [1.807, 2.05) is 0 Å². The van der Waals surface area contributed by atoms with E-state index in [0.717, 1.165) is 18.3 Å². The number of halogens is 3. The lowest BCUT2D eigenvalue weighted by Gasteiger charge is -2.21. The summed E-state index contributed by atoms with van der Waals surface area (Å²) in [6.45, 7) is 2.62. The second-order valence-electron chi connectivity index (χ2n) is 6.35. The molecule has 7 nitrogen and oxygen atoms in total. The largest absolute Gasteiger partial charge is 0.355 e. The third kappa shape index (κ3) is 3.67. The van der Waals surface area contributed by atoms with Gasteiger partial charge in [-0.05, 0) is 37.6 Å². The van der Waals surface area contributed by atoms with Crippen LogP contribution in [-0.2, 0) is 10.7 Å². The van der Waals surface area contributed by atoms with E-state index in [9.17, 15) is 22.8 Å². The first-order chi connectivity index (χ1) is 13.6. The summed E-state index contributed by atoms with van der Waals surface area (Å²) in [4.78, 5) is 34.4. The smallest absolute Gasteiger partial charge is 0.342 e. The van der Waals surface area contributed by atoms with E-state index in [1.54, 1.807) is 6.07 Å². The van der Waals surface area contributed by atoms with Crippen molar-refractivity contribution in [1.29, 1.82) is 5.26 Å². The van der Waals surface area contributed by atoms with Gasteiger partial charge < -0.3 is 10.3 Å². The average Bonchev–Trinajstić information content (AvgIpc) is 2.68. The van der Waals surface area contributed by atoms with Crippen LogP contribution in [0.5, 0.6) is 0 Å². The Labute approximate surface area is 162 Å². The molecule has 3 aromatic rings. The summed E-state index contributed by atoms with van der Waals surface area (Å²) in [5.74, 6) is -6.58. The molecule has 10 heteroatoms. The molecule has 148 valence electrons. The molecule has 0 unspecified atom stereocenters. The van der Waals surface area contributed by atoms with Crippen LogP contribution < -0.4 is 10.9 Å². The number of rotatable bonds is 4. The normalized spacial score (nSPS) is 12.4. The number of nitrogens with one attached hydrogen (secondary N) is 2. The summed E-state index contributed by atoms with van der Waals surface area (Å²) in [6.07, 6.45) is 2.32. The highest BCUT2D eigenvalue weighted by atomic mass is 19.3. The van der Waals surface area contributed by atoms with E-state index in [4.69, 9.17) is 5.26 Å². The number of nitrogens with zero attached hydrogens (tertiary/aromatic N) is 3. The molecular weight excluding hydrogens is 387 g/mol. The summed E-state index contributed by atoms with van der Waals surface area (Å²) in [5, 5.41) is 10.9. The lowest BCUT2D eigenvalue weighted by Crippen LogP contribution is -2.43. The van der Waals surface area contributed by atoms with Crippen LogP contribution in [0.25, 0.3) is 10.9 Å². The van der Waals surface area contributed by atoms with Crippen molar-refractivity contribution in [2.45, 2.75) is 25.8 Å². The number of carbonyl (C=O) groups excluding carboxylic acids is 1. The summed E-state index contributed by atoms with van der Waals surface area (Å²) >= 11 is 0. The monoisotopic (exact) mass is 401 g/mol. The maximum Gasteiger partial charge on any atom is 0.355 e. The van der Waals surface area contributed by atoms with Crippen LogP contribution in [0.2, 0.25) is 0 Å². The third-order valence-corrected chi connectivity index (χ3v) is 4.41. The van der Waals surface area contributed by atoms with Gasteiger partial charge in [0, 0.05) is 10.9 Å². The summed E-state index contributed by atoms with van der Waals surface area (Å²) in [5.41, 5.74) is -2.05. The fourth-order valence-corrected chi connectivity index (χ4v) is 2.90. The number of pyridine rings is 1. The number of aryl methyl sites for hydroxylation is 1. The van der Waals surface area contributed by atoms with Crippen molar-refractivity contribution >= 4 is 16.8 Å². The van der Waals surface area contributed by atoms with Crippen molar-refractivity contribution in [2.24, 2.45) is 0 Å². The highest BCUT2D eigenvalue weighted by Crippen LogP contribution is 2.32. The topological polar surface area (TPSA) is 112 Å². The minimum atomic E-state index is -4.19. The zero-order valence-electron chi connectivity index (χ0n) is 15.3. The Morgan fingerprint density at radius 2 is 2.03 bits per heavy atom. The minimum Gasteiger partial charge on any atom is -0.342 e. The molecule has 1 amide bonds. The lowest BCUT2D eigenvalue weighted by atomic mass is 9.99. The maximum atomic E-state index is 14.9. The van der Waals surface area contributed by atoms with Gasteiger partial charge in [-0.25, -0.2) is 9.37 Å². The maximum absolute atomic E-state index is 14.9. The molecular formula is C19H14F3N5O2. The zero-order valence-corrected chi connectivity index (χ0v) is 15.3. The molecule has 1 atom stereocenters. The number of nitriles is 1. The van der Waals surface area contributed by atoms with Crippen molar-refractivity contribution in [1.82, 2.24) is 20.3 Å². The van der Waals surface area contributed by atoms with Crippen LogP contribution in [-0.4, -0.2) is 20.9 Å². The van der Waals surface area contributed by atoms with Gasteiger partial charge in [-0.1, -0.05) is 0 Å². The second kappa shape index (κ2) is 7.35. The van der Waals surface area contributed by atoms with Crippen molar-refractivity contribution in [3.05, 3.63) is 69.3 Å². The number of carbonyl (C=O) groups is 1. The van der Waals surface area contributed by atoms with Gasteiger partial charge in [0.15, 0.2) is 5.69 Å². The van der Waals surface area contributed by atoms with Gasteiger partial charge in [-0.2, -0.15) is 14.0 Å². The molecule has 0 bridgehead atoms. The number of benzene rings is 1. The molecule has 0 saturated heterocycles. The van der Waals surface area contributed by atoms with Crippen molar-refractivity contribution in [3.8, 4) is 6.07 Å². The van der Waals surface area contributed by atoms with E-state index in [2.05, 4.69) is 20.3 Å². The number of aromatic nitrogens is 3. The predicted octanol–water partition coefficient (Wildman–Crippen LogP) is 2.61. The van der Waals surface area contributed by atoms with E-state index < -0.39 is 34.8 Å². The molecule has 2 N–H and O–H groups in total. The fourth-order valence-electron chi connectivity index (χ4n) is 2.90. The average molecular weight is 401 g/mol. The minimum absolute atomic E-state index is 0.0307. The molecule has 2 heterocycles. The first-order valence-corrected chi connectivity index (χ1v) is 8.38. The Hall–Kier alpha value is -3.74. The number of hydrogen-bond donors (Lipinski definition) is 2. The quantitative estimate of drug-likeness (QED) is 0.698. The molecule has 0 spiro atoms. The highest BCUT2D eigenvalue weighted by molar-refractivity contribution is 5.89. The molecule has 29 heavy (non-hydrogen) atoms. The zero-order chi connectivity index (χ0) is 21.3. The second-order valence-corrected chi connectivity index (χ2v) is 6.35. The van der Waals surface area contributed by atoms with Crippen LogP contribution >= 0.6 is 0 Å². The number of hydrogen-bond acceptors (Lipinski definition) is 5. The Kier molecular flexibility index (Phi) is 5.07. The molecule has 0 radical (unpaired) electrons. The first kappa shape index (κ1) is 20.0. The molecule has 0 aliphatic carbocycles. The standard InChI is InChI=1S/C19H14F3N5O2/c1-9-13-5-11(20)3-4-14(13)27-17(28)16(9)19(21,22)18(29)26-10(2)15-8-24-12(6-23)7-25-15/h3-5,7-8,10H,1-2H3,(H,26,29)(H,27,28)/t10-/m1/s1. The van der Waals surface area contributed by atoms with E-state index in [-0.39, 0.29) is 27.9 Å². The summed E-state index contributed by atoms with van der Waals surface area (Å²) in [7, 11) is 0. The first-order valence-electron chi connectivity index (χ1n) is 8.38. The number of aromatic amines is 1. The van der Waals surface area contributed by atoms with Crippen molar-refractivity contribution in [3.63, 3.8) is 0 Å². The Morgan fingerprint density at radius 3 is 2.66 bits per heavy atom. The van der Waals surface area contributed by atoms with Crippen LogP contribution in [0.3, 0.4) is 0 Å². The molecule has 1 aromatic carbocycles. The molecule has 0 saturated carbocycles. The van der Waals surface area contributed by atoms with Crippen LogP contribution in [0, 0.1) is 24.1 Å². The van der Waals surface area contributed by atoms with E-state index in [0.29, 0.717) is 0 Å². The van der Waals surface area contributed by atoms with Crippen LogP contribution in [0.15, 0.2) is 35.4 Å². The van der Waals surface area contributed by atoms with Crippen LogP contribution in [0.1, 0.15) is 35.5 Å². The predicted molar refractivity (Wildman–Crippen MR) is 96.5 cm³/mol. The molecule has 2 aromatic heterocycles. The molecule has 3 rings (SSSR count). The van der Waals surface area contributed by atoms with Crippen molar-refractivity contribution in [2.75, 3.05) is 0 Å². The molecule has 0 aliphatic heterocycles. The van der Waals surface area contributed by atoms with Gasteiger partial charge >= 0.3 is 5.92 Å². The number of H-pyrrole nitrogens is 1. The van der Waals surface area contributed by atoms with Gasteiger partial charge in [0.1, 0.15) is 11.9 Å². The number of fused-ring (bicyclic) bond motifs is 1. The van der Waals surface area contributed by atoms with Gasteiger partial charge in [0.25, 0.3) is 11.5 Å². The molecule has 0 aliphatic rings. The third-order valence-electron chi connectivity index (χ3n) is 4.41. The van der Waals surface area contributed by atoms with Gasteiger partial charge in [0.05, 0.1) is 29.7 Å². The lowest BCUT2D eigenvalue weighted by molar-refractivity contribution is -0.148.